The van der Waals surface area contributed by atoms with Gasteiger partial charge in [-0.05, 0) is 50.3 Å². The zero-order valence-electron chi connectivity index (χ0n) is 18.7. The highest BCUT2D eigenvalue weighted by Gasteiger charge is 2.21. The van der Waals surface area contributed by atoms with Gasteiger partial charge in [0.05, 0.1) is 18.8 Å². The van der Waals surface area contributed by atoms with Crippen LogP contribution in [0.5, 0.6) is 0 Å². The van der Waals surface area contributed by atoms with Gasteiger partial charge in [-0.3, -0.25) is 9.69 Å². The van der Waals surface area contributed by atoms with Crippen molar-refractivity contribution >= 4 is 17.7 Å². The first kappa shape index (κ1) is 22.3. The van der Waals surface area contributed by atoms with E-state index in [1.807, 2.05) is 18.0 Å². The molecule has 7 heteroatoms. The largest absolute Gasteiger partial charge is 0.345 e. The number of likely N-dealkylation sites (tertiary alicyclic amines) is 1. The molecule has 4 rings (SSSR count). The standard InChI is InChI=1S/C24H35N5OS/c1-27(16-20-10-4-2-5-11-20)23(30)19-31-24-26-25-22(18-28-14-8-9-15-28)29(24)17-21-12-6-3-7-13-21/h3,6-7,12-13,20H,2,4-5,8-11,14-19H2,1H3. The summed E-state index contributed by atoms with van der Waals surface area (Å²) in [5.41, 5.74) is 1.23. The van der Waals surface area contributed by atoms with Gasteiger partial charge < -0.3 is 9.47 Å². The van der Waals surface area contributed by atoms with Crippen LogP contribution in [0.25, 0.3) is 0 Å². The lowest BCUT2D eigenvalue weighted by Gasteiger charge is -2.27. The Labute approximate surface area is 190 Å². The summed E-state index contributed by atoms with van der Waals surface area (Å²) < 4.78 is 2.20. The molecule has 2 heterocycles. The predicted octanol–water partition coefficient (Wildman–Crippen LogP) is 4.05. The van der Waals surface area contributed by atoms with E-state index in [2.05, 4.69) is 43.9 Å². The molecule has 31 heavy (non-hydrogen) atoms. The average Bonchev–Trinajstić information content (AvgIpc) is 3.44. The SMILES string of the molecule is CN(CC1CCCCC1)C(=O)CSc1nnc(CN2CCCC2)n1Cc1ccccc1. The van der Waals surface area contributed by atoms with Gasteiger partial charge in [-0.25, -0.2) is 0 Å². The second-order valence-corrected chi connectivity index (χ2v) is 9.96. The van der Waals surface area contributed by atoms with Crippen LogP contribution in [0.2, 0.25) is 0 Å². The number of rotatable bonds is 9. The third-order valence-corrected chi connectivity index (χ3v) is 7.50. The summed E-state index contributed by atoms with van der Waals surface area (Å²) >= 11 is 1.52. The first-order valence-electron chi connectivity index (χ1n) is 11.7. The number of hydrogen-bond acceptors (Lipinski definition) is 5. The van der Waals surface area contributed by atoms with Gasteiger partial charge in [0.25, 0.3) is 0 Å². The van der Waals surface area contributed by atoms with E-state index in [0.29, 0.717) is 11.7 Å². The van der Waals surface area contributed by atoms with Gasteiger partial charge in [0.1, 0.15) is 5.82 Å². The van der Waals surface area contributed by atoms with Crippen molar-refractivity contribution in [1.29, 1.82) is 0 Å². The van der Waals surface area contributed by atoms with Crippen LogP contribution in [-0.4, -0.2) is 62.9 Å². The average molecular weight is 442 g/mol. The maximum Gasteiger partial charge on any atom is 0.232 e. The summed E-state index contributed by atoms with van der Waals surface area (Å²) in [7, 11) is 1.95. The van der Waals surface area contributed by atoms with E-state index >= 15 is 0 Å². The van der Waals surface area contributed by atoms with E-state index in [9.17, 15) is 4.79 Å². The monoisotopic (exact) mass is 441 g/mol. The van der Waals surface area contributed by atoms with Crippen LogP contribution in [0, 0.1) is 5.92 Å². The van der Waals surface area contributed by atoms with E-state index in [4.69, 9.17) is 0 Å². The minimum absolute atomic E-state index is 0.186. The van der Waals surface area contributed by atoms with Crippen molar-refractivity contribution in [3.05, 3.63) is 41.7 Å². The summed E-state index contributed by atoms with van der Waals surface area (Å²) in [5, 5.41) is 9.84. The molecule has 2 aromatic rings. The fraction of sp³-hybridized carbons (Fsp3) is 0.625. The molecule has 6 nitrogen and oxygen atoms in total. The molecule has 0 spiro atoms. The van der Waals surface area contributed by atoms with Crippen LogP contribution in [0.15, 0.2) is 35.5 Å². The van der Waals surface area contributed by atoms with Crippen LogP contribution < -0.4 is 0 Å². The summed E-state index contributed by atoms with van der Waals surface area (Å²) in [5.74, 6) is 2.27. The van der Waals surface area contributed by atoms with Crippen molar-refractivity contribution in [3.63, 3.8) is 0 Å². The van der Waals surface area contributed by atoms with Crippen molar-refractivity contribution < 1.29 is 4.79 Å². The number of thioether (sulfide) groups is 1. The summed E-state index contributed by atoms with van der Waals surface area (Å²) in [6, 6.07) is 10.4. The Morgan fingerprint density at radius 1 is 1.03 bits per heavy atom. The number of hydrogen-bond donors (Lipinski definition) is 0. The molecular formula is C24H35N5OS. The highest BCUT2D eigenvalue weighted by Crippen LogP contribution is 2.25. The molecule has 2 fully saturated rings. The third-order valence-electron chi connectivity index (χ3n) is 6.55. The molecule has 1 saturated heterocycles. The molecule has 1 aromatic carbocycles. The molecule has 1 aliphatic heterocycles. The van der Waals surface area contributed by atoms with Gasteiger partial charge in [0, 0.05) is 13.6 Å². The number of carbonyl (C=O) groups excluding carboxylic acids is 1. The Bertz CT molecular complexity index is 828. The highest BCUT2D eigenvalue weighted by atomic mass is 32.2. The molecule has 0 bridgehead atoms. The van der Waals surface area contributed by atoms with Crippen molar-refractivity contribution in [3.8, 4) is 0 Å². The second-order valence-electron chi connectivity index (χ2n) is 9.02. The highest BCUT2D eigenvalue weighted by molar-refractivity contribution is 7.99. The van der Waals surface area contributed by atoms with Crippen molar-refractivity contribution in [2.24, 2.45) is 5.92 Å². The summed E-state index contributed by atoms with van der Waals surface area (Å²) in [6.45, 7) is 4.72. The number of nitrogens with zero attached hydrogens (tertiary/aromatic N) is 5. The maximum absolute atomic E-state index is 12.8. The van der Waals surface area contributed by atoms with Crippen LogP contribution in [0.1, 0.15) is 56.3 Å². The van der Waals surface area contributed by atoms with Crippen LogP contribution in [0.4, 0.5) is 0 Å². The Hall–Kier alpha value is -1.86. The molecular weight excluding hydrogens is 406 g/mol. The van der Waals surface area contributed by atoms with Crippen LogP contribution >= 0.6 is 11.8 Å². The van der Waals surface area contributed by atoms with Gasteiger partial charge in [-0.15, -0.1) is 10.2 Å². The normalized spacial score (nSPS) is 17.8. The number of amides is 1. The van der Waals surface area contributed by atoms with Crippen molar-refractivity contribution in [2.45, 2.75) is 63.2 Å². The van der Waals surface area contributed by atoms with E-state index in [1.165, 1.54) is 62.3 Å². The first-order valence-corrected chi connectivity index (χ1v) is 12.7. The Morgan fingerprint density at radius 3 is 2.52 bits per heavy atom. The number of benzene rings is 1. The molecule has 0 unspecified atom stereocenters. The van der Waals surface area contributed by atoms with Gasteiger partial charge in [0.2, 0.25) is 5.91 Å². The van der Waals surface area contributed by atoms with E-state index in [0.717, 1.165) is 43.7 Å². The molecule has 1 aliphatic carbocycles. The smallest absolute Gasteiger partial charge is 0.232 e. The van der Waals surface area contributed by atoms with Gasteiger partial charge >= 0.3 is 0 Å². The Kier molecular flexibility index (Phi) is 8.03. The van der Waals surface area contributed by atoms with Crippen LogP contribution in [-0.2, 0) is 17.9 Å². The Balaban J connectivity index is 1.40. The fourth-order valence-electron chi connectivity index (χ4n) is 4.70. The zero-order chi connectivity index (χ0) is 21.5. The number of aromatic nitrogens is 3. The molecule has 1 saturated carbocycles. The Morgan fingerprint density at radius 2 is 1.77 bits per heavy atom. The van der Waals surface area contributed by atoms with Gasteiger partial charge in [0.15, 0.2) is 5.16 Å². The number of carbonyl (C=O) groups is 1. The van der Waals surface area contributed by atoms with Crippen molar-refractivity contribution in [2.75, 3.05) is 32.4 Å². The summed E-state index contributed by atoms with van der Waals surface area (Å²) in [4.78, 5) is 17.2. The lowest BCUT2D eigenvalue weighted by Crippen LogP contribution is -2.33. The van der Waals surface area contributed by atoms with E-state index in [-0.39, 0.29) is 5.91 Å². The quantitative estimate of drug-likeness (QED) is 0.550. The van der Waals surface area contributed by atoms with Crippen LogP contribution in [0.3, 0.4) is 0 Å². The van der Waals surface area contributed by atoms with E-state index in [1.54, 1.807) is 0 Å². The molecule has 2 aliphatic rings. The zero-order valence-corrected chi connectivity index (χ0v) is 19.5. The summed E-state index contributed by atoms with van der Waals surface area (Å²) in [6.07, 6.45) is 9.01. The fourth-order valence-corrected chi connectivity index (χ4v) is 5.60. The van der Waals surface area contributed by atoms with Crippen molar-refractivity contribution in [1.82, 2.24) is 24.6 Å². The molecule has 1 aromatic heterocycles. The lowest BCUT2D eigenvalue weighted by atomic mass is 9.89. The maximum atomic E-state index is 12.8. The second kappa shape index (κ2) is 11.1. The minimum atomic E-state index is 0.186. The molecule has 0 N–H and O–H groups in total. The minimum Gasteiger partial charge on any atom is -0.345 e. The molecule has 168 valence electrons. The first-order chi connectivity index (χ1) is 15.2. The van der Waals surface area contributed by atoms with Gasteiger partial charge in [-0.1, -0.05) is 61.4 Å². The molecule has 0 radical (unpaired) electrons. The molecule has 1 amide bonds. The molecule has 0 atom stereocenters. The van der Waals surface area contributed by atoms with Gasteiger partial charge in [-0.2, -0.15) is 0 Å². The third kappa shape index (κ3) is 6.32. The van der Waals surface area contributed by atoms with E-state index < -0.39 is 0 Å². The lowest BCUT2D eigenvalue weighted by molar-refractivity contribution is -0.127. The topological polar surface area (TPSA) is 54.3 Å². The predicted molar refractivity (Wildman–Crippen MR) is 125 cm³/mol.